The molecule has 2 heterocycles. The molecule has 1 aromatic rings. The van der Waals surface area contributed by atoms with E-state index in [1.54, 1.807) is 12.1 Å². The summed E-state index contributed by atoms with van der Waals surface area (Å²) in [6, 6.07) is 3.79. The Bertz CT molecular complexity index is 725. The van der Waals surface area contributed by atoms with Crippen LogP contribution in [0, 0.1) is 0 Å². The van der Waals surface area contributed by atoms with Gasteiger partial charge >= 0.3 is 5.97 Å². The van der Waals surface area contributed by atoms with E-state index in [4.69, 9.17) is 4.74 Å². The molecule has 1 saturated heterocycles. The van der Waals surface area contributed by atoms with E-state index in [9.17, 15) is 18.3 Å². The quantitative estimate of drug-likeness (QED) is 0.913. The minimum Gasteiger partial charge on any atom is -0.487 e. The standard InChI is InChI=1S/C15H19NO5S/c1-15(2)9-10-8-11(5-6-13(10)21-15)22(19,20)16-7-3-4-12(16)14(17)18/h5-6,8,12H,3-4,7,9H2,1-2H3,(H,17,18). The van der Waals surface area contributed by atoms with E-state index in [2.05, 4.69) is 0 Å². The van der Waals surface area contributed by atoms with Gasteiger partial charge in [-0.2, -0.15) is 4.31 Å². The number of benzene rings is 1. The second-order valence-corrected chi connectivity index (χ2v) is 8.31. The maximum absolute atomic E-state index is 12.7. The van der Waals surface area contributed by atoms with Crippen LogP contribution in [0.4, 0.5) is 0 Å². The van der Waals surface area contributed by atoms with Gasteiger partial charge in [0.15, 0.2) is 0 Å². The van der Waals surface area contributed by atoms with Gasteiger partial charge in [-0.3, -0.25) is 4.79 Å². The molecule has 0 aromatic heterocycles. The third-order valence-corrected chi connectivity index (χ3v) is 6.03. The van der Waals surface area contributed by atoms with Crippen molar-refractivity contribution in [1.82, 2.24) is 4.31 Å². The first-order valence-electron chi connectivity index (χ1n) is 7.27. The van der Waals surface area contributed by atoms with Crippen molar-refractivity contribution in [2.75, 3.05) is 6.54 Å². The third kappa shape index (κ3) is 2.48. The second kappa shape index (κ2) is 4.96. The van der Waals surface area contributed by atoms with Crippen molar-refractivity contribution in [1.29, 1.82) is 0 Å². The fourth-order valence-electron chi connectivity index (χ4n) is 3.16. The largest absolute Gasteiger partial charge is 0.487 e. The lowest BCUT2D eigenvalue weighted by Crippen LogP contribution is -2.40. The number of carboxylic acid groups (broad SMARTS) is 1. The normalized spacial score (nSPS) is 24.0. The van der Waals surface area contributed by atoms with Crippen molar-refractivity contribution < 1.29 is 23.1 Å². The van der Waals surface area contributed by atoms with Crippen LogP contribution in [0.3, 0.4) is 0 Å². The molecule has 3 rings (SSSR count). The molecule has 2 aliphatic heterocycles. The molecular formula is C15H19NO5S. The van der Waals surface area contributed by atoms with E-state index in [0.29, 0.717) is 25.0 Å². The van der Waals surface area contributed by atoms with Gasteiger partial charge in [0.05, 0.1) is 4.90 Å². The molecule has 1 unspecified atom stereocenters. The van der Waals surface area contributed by atoms with Crippen molar-refractivity contribution in [3.05, 3.63) is 23.8 Å². The van der Waals surface area contributed by atoms with Crippen LogP contribution in [0.25, 0.3) is 0 Å². The molecular weight excluding hydrogens is 306 g/mol. The molecule has 0 radical (unpaired) electrons. The van der Waals surface area contributed by atoms with E-state index < -0.39 is 22.0 Å². The zero-order valence-electron chi connectivity index (χ0n) is 12.6. The van der Waals surface area contributed by atoms with Crippen LogP contribution in [0.5, 0.6) is 5.75 Å². The minimum atomic E-state index is -3.79. The number of nitrogens with zero attached hydrogens (tertiary/aromatic N) is 1. The van der Waals surface area contributed by atoms with Gasteiger partial charge in [-0.1, -0.05) is 0 Å². The van der Waals surface area contributed by atoms with E-state index in [1.165, 1.54) is 6.07 Å². The van der Waals surface area contributed by atoms with Gasteiger partial charge in [0, 0.05) is 13.0 Å². The van der Waals surface area contributed by atoms with Crippen molar-refractivity contribution in [3.63, 3.8) is 0 Å². The lowest BCUT2D eigenvalue weighted by atomic mass is 10.0. The van der Waals surface area contributed by atoms with Crippen LogP contribution < -0.4 is 4.74 Å². The molecule has 7 heteroatoms. The van der Waals surface area contributed by atoms with Gasteiger partial charge in [-0.15, -0.1) is 0 Å². The van der Waals surface area contributed by atoms with E-state index in [0.717, 1.165) is 9.87 Å². The van der Waals surface area contributed by atoms with Gasteiger partial charge in [0.2, 0.25) is 10.0 Å². The van der Waals surface area contributed by atoms with E-state index >= 15 is 0 Å². The van der Waals surface area contributed by atoms with Crippen LogP contribution in [-0.2, 0) is 21.2 Å². The van der Waals surface area contributed by atoms with Gasteiger partial charge in [-0.05, 0) is 50.5 Å². The fraction of sp³-hybridized carbons (Fsp3) is 0.533. The average molecular weight is 325 g/mol. The van der Waals surface area contributed by atoms with Crippen LogP contribution in [0.2, 0.25) is 0 Å². The predicted molar refractivity (Wildman–Crippen MR) is 79.4 cm³/mol. The second-order valence-electron chi connectivity index (χ2n) is 6.42. The van der Waals surface area contributed by atoms with Crippen molar-refractivity contribution in [2.45, 2.75) is 49.6 Å². The Hall–Kier alpha value is -1.60. The molecule has 22 heavy (non-hydrogen) atoms. The molecule has 1 aromatic carbocycles. The van der Waals surface area contributed by atoms with Crippen LogP contribution >= 0.6 is 0 Å². The Morgan fingerprint density at radius 1 is 1.41 bits per heavy atom. The van der Waals surface area contributed by atoms with Crippen LogP contribution in [0.15, 0.2) is 23.1 Å². The Morgan fingerprint density at radius 3 is 2.82 bits per heavy atom. The first kappa shape index (κ1) is 15.3. The first-order chi connectivity index (χ1) is 10.2. The van der Waals surface area contributed by atoms with Gasteiger partial charge < -0.3 is 9.84 Å². The number of hydrogen-bond acceptors (Lipinski definition) is 4. The summed E-state index contributed by atoms with van der Waals surface area (Å²) in [5.41, 5.74) is 0.499. The van der Waals surface area contributed by atoms with Gasteiger partial charge in [0.25, 0.3) is 0 Å². The number of carboxylic acids is 1. The average Bonchev–Trinajstić information content (AvgIpc) is 2.99. The molecule has 120 valence electrons. The summed E-state index contributed by atoms with van der Waals surface area (Å²) < 4.78 is 32.3. The minimum absolute atomic E-state index is 0.140. The zero-order valence-corrected chi connectivity index (χ0v) is 13.4. The molecule has 0 aliphatic carbocycles. The highest BCUT2D eigenvalue weighted by Crippen LogP contribution is 2.37. The molecule has 0 bridgehead atoms. The summed E-state index contributed by atoms with van der Waals surface area (Å²) in [6.45, 7) is 4.14. The van der Waals surface area contributed by atoms with Crippen LogP contribution in [0.1, 0.15) is 32.3 Å². The summed E-state index contributed by atoms with van der Waals surface area (Å²) >= 11 is 0. The maximum atomic E-state index is 12.7. The Morgan fingerprint density at radius 2 is 2.14 bits per heavy atom. The Balaban J connectivity index is 1.96. The van der Waals surface area contributed by atoms with Crippen molar-refractivity contribution in [2.24, 2.45) is 0 Å². The molecule has 6 nitrogen and oxygen atoms in total. The monoisotopic (exact) mass is 325 g/mol. The number of fused-ring (bicyclic) bond motifs is 1. The zero-order chi connectivity index (χ0) is 16.1. The van der Waals surface area contributed by atoms with E-state index in [1.807, 2.05) is 13.8 Å². The fourth-order valence-corrected chi connectivity index (χ4v) is 4.86. The van der Waals surface area contributed by atoms with Crippen molar-refractivity contribution >= 4 is 16.0 Å². The number of carbonyl (C=O) groups is 1. The number of aliphatic carboxylic acids is 1. The maximum Gasteiger partial charge on any atom is 0.322 e. The topological polar surface area (TPSA) is 83.9 Å². The predicted octanol–water partition coefficient (Wildman–Crippen LogP) is 1.64. The highest BCUT2D eigenvalue weighted by Gasteiger charge is 2.40. The molecule has 0 amide bonds. The lowest BCUT2D eigenvalue weighted by molar-refractivity contribution is -0.140. The SMILES string of the molecule is CC1(C)Cc2cc(S(=O)(=O)N3CCCC3C(=O)O)ccc2O1. The molecule has 0 saturated carbocycles. The molecule has 1 atom stereocenters. The smallest absolute Gasteiger partial charge is 0.322 e. The summed E-state index contributed by atoms with van der Waals surface area (Å²) in [7, 11) is -3.79. The molecule has 2 aliphatic rings. The number of ether oxygens (including phenoxy) is 1. The summed E-state index contributed by atoms with van der Waals surface area (Å²) in [6.07, 6.45) is 1.56. The molecule has 1 fully saturated rings. The highest BCUT2D eigenvalue weighted by molar-refractivity contribution is 7.89. The number of hydrogen-bond donors (Lipinski definition) is 1. The highest BCUT2D eigenvalue weighted by atomic mass is 32.2. The lowest BCUT2D eigenvalue weighted by Gasteiger charge is -2.21. The molecule has 1 N–H and O–H groups in total. The van der Waals surface area contributed by atoms with Crippen molar-refractivity contribution in [3.8, 4) is 5.75 Å². The summed E-state index contributed by atoms with van der Waals surface area (Å²) in [5.74, 6) is -0.396. The third-order valence-electron chi connectivity index (χ3n) is 4.13. The van der Waals surface area contributed by atoms with E-state index in [-0.39, 0.29) is 17.0 Å². The number of rotatable bonds is 3. The first-order valence-corrected chi connectivity index (χ1v) is 8.71. The Kier molecular flexibility index (Phi) is 3.45. The van der Waals surface area contributed by atoms with Gasteiger partial charge in [0.1, 0.15) is 17.4 Å². The number of sulfonamides is 1. The molecule has 0 spiro atoms. The van der Waals surface area contributed by atoms with Crippen LogP contribution in [-0.4, -0.2) is 42.0 Å². The Labute approximate surface area is 129 Å². The van der Waals surface area contributed by atoms with Gasteiger partial charge in [-0.25, -0.2) is 8.42 Å². The summed E-state index contributed by atoms with van der Waals surface area (Å²) in [5, 5.41) is 9.19. The summed E-state index contributed by atoms with van der Waals surface area (Å²) in [4.78, 5) is 11.4.